The van der Waals surface area contributed by atoms with Crippen LogP contribution < -0.4 is 0 Å². The van der Waals surface area contributed by atoms with E-state index >= 15 is 0 Å². The fraction of sp³-hybridized carbons (Fsp3) is 0.0612. The predicted molar refractivity (Wildman–Crippen MR) is 208 cm³/mol. The minimum Gasteiger partial charge on any atom is -0.305 e. The molecule has 0 unspecified atom stereocenters. The molecule has 0 saturated carbocycles. The molecule has 10 rings (SSSR count). The molecule has 0 aliphatic heterocycles. The van der Waals surface area contributed by atoms with Crippen molar-refractivity contribution in [2.75, 3.05) is 0 Å². The van der Waals surface area contributed by atoms with Gasteiger partial charge in [-0.05, 0) is 81.2 Å². The van der Waals surface area contributed by atoms with Crippen LogP contribution in [0.3, 0.4) is 0 Å². The standard InChI is InChI=1S/C38H26N.C11H6F2N.Ir/c1-3-9-26(10-4-1)28-16-18-33-34-19-17-29(27-11-5-2-6-12-27)23-36(34)38(35(33)22-28)24-31-15-14-30(21-32(31)25-38)37-13-7-8-20-39-37;12-9-6-10(13)11(14-7-9)8-4-2-1-3-5-8;/h1-13,15-23H,24-25H2;1-4,6-7H;/q2*-1;. The summed E-state index contributed by atoms with van der Waals surface area (Å²) < 4.78 is 25.8. The fourth-order valence-electron chi connectivity index (χ4n) is 7.93. The SMILES string of the molecule is Fc1cnc(-c2[c-]cccc2)c(F)c1.[Ir].[c-]1cc2c(cc1-c1ccccn1)CC1(C2)c2cc(-c3ccccc3)ccc2-c2ccc(-c3ccccc3)cc21. The third-order valence-corrected chi connectivity index (χ3v) is 10.4. The molecule has 0 fully saturated rings. The van der Waals surface area contributed by atoms with Crippen molar-refractivity contribution in [2.45, 2.75) is 18.3 Å². The van der Waals surface area contributed by atoms with Gasteiger partial charge in [-0.25, -0.2) is 8.78 Å². The summed E-state index contributed by atoms with van der Waals surface area (Å²) in [5, 5.41) is 0. The summed E-state index contributed by atoms with van der Waals surface area (Å²) in [6.45, 7) is 0. The molecule has 263 valence electrons. The molecule has 0 amide bonds. The summed E-state index contributed by atoms with van der Waals surface area (Å²) in [4.78, 5) is 8.26. The number of pyridine rings is 2. The van der Waals surface area contributed by atoms with Crippen molar-refractivity contribution in [2.24, 2.45) is 0 Å². The first-order valence-electron chi connectivity index (χ1n) is 17.7. The molecule has 0 saturated heterocycles. The molecular weight excluding hydrogens is 847 g/mol. The first-order valence-corrected chi connectivity index (χ1v) is 17.7. The molecule has 2 aliphatic rings. The molecule has 0 N–H and O–H groups in total. The van der Waals surface area contributed by atoms with Gasteiger partial charge in [-0.15, -0.1) is 70.8 Å². The average Bonchev–Trinajstić information content (AvgIpc) is 3.73. The van der Waals surface area contributed by atoms with Gasteiger partial charge in [0.2, 0.25) is 0 Å². The van der Waals surface area contributed by atoms with Gasteiger partial charge in [-0.3, -0.25) is 4.98 Å². The number of benzene rings is 6. The third-order valence-electron chi connectivity index (χ3n) is 10.4. The first-order chi connectivity index (χ1) is 26.1. The van der Waals surface area contributed by atoms with Crippen LogP contribution in [0.5, 0.6) is 0 Å². The molecule has 6 aromatic carbocycles. The van der Waals surface area contributed by atoms with Crippen molar-refractivity contribution < 1.29 is 28.9 Å². The molecule has 54 heavy (non-hydrogen) atoms. The largest absolute Gasteiger partial charge is 0.305 e. The van der Waals surface area contributed by atoms with E-state index in [4.69, 9.17) is 0 Å². The Morgan fingerprint density at radius 2 is 1.17 bits per heavy atom. The van der Waals surface area contributed by atoms with E-state index in [1.54, 1.807) is 24.3 Å². The van der Waals surface area contributed by atoms with Gasteiger partial charge in [0.05, 0.1) is 6.20 Å². The number of nitrogens with zero attached hydrogens (tertiary/aromatic N) is 2. The van der Waals surface area contributed by atoms with Gasteiger partial charge in [0.15, 0.2) is 0 Å². The summed E-state index contributed by atoms with van der Waals surface area (Å²) in [7, 11) is 0. The van der Waals surface area contributed by atoms with Crippen molar-refractivity contribution >= 4 is 0 Å². The normalized spacial score (nSPS) is 12.9. The van der Waals surface area contributed by atoms with Crippen LogP contribution in [0.2, 0.25) is 0 Å². The first kappa shape index (κ1) is 35.2. The average molecular weight is 879 g/mol. The van der Waals surface area contributed by atoms with Gasteiger partial charge in [-0.2, -0.15) is 0 Å². The second-order valence-corrected chi connectivity index (χ2v) is 13.6. The van der Waals surface area contributed by atoms with Crippen LogP contribution in [0, 0.1) is 23.8 Å². The molecule has 0 atom stereocenters. The Morgan fingerprint density at radius 3 is 1.76 bits per heavy atom. The Kier molecular flexibility index (Phi) is 9.68. The van der Waals surface area contributed by atoms with E-state index in [0.29, 0.717) is 5.56 Å². The smallest absolute Gasteiger partial charge is 0.142 e. The van der Waals surface area contributed by atoms with Crippen molar-refractivity contribution in [3.63, 3.8) is 0 Å². The molecule has 2 nitrogen and oxygen atoms in total. The molecule has 1 radical (unpaired) electrons. The minimum atomic E-state index is -0.679. The Hall–Kier alpha value is -5.87. The van der Waals surface area contributed by atoms with Crippen molar-refractivity contribution in [3.8, 4) is 55.9 Å². The van der Waals surface area contributed by atoms with Crippen LogP contribution >= 0.6 is 0 Å². The molecule has 2 heterocycles. The zero-order valence-corrected chi connectivity index (χ0v) is 31.5. The van der Waals surface area contributed by atoms with E-state index in [1.807, 2.05) is 18.3 Å². The zero-order valence-electron chi connectivity index (χ0n) is 29.1. The predicted octanol–water partition coefficient (Wildman–Crippen LogP) is 11.8. The minimum absolute atomic E-state index is 0. The molecule has 2 aromatic heterocycles. The maximum absolute atomic E-state index is 13.2. The van der Waals surface area contributed by atoms with Gasteiger partial charge in [-0.1, -0.05) is 97.1 Å². The summed E-state index contributed by atoms with van der Waals surface area (Å²) >= 11 is 0. The molecular formula is C49H32F2IrN2-2. The number of hydrogen-bond donors (Lipinski definition) is 0. The topological polar surface area (TPSA) is 25.8 Å². The van der Waals surface area contributed by atoms with Crippen molar-refractivity contribution in [3.05, 3.63) is 216 Å². The number of rotatable bonds is 4. The van der Waals surface area contributed by atoms with E-state index in [9.17, 15) is 8.78 Å². The Labute approximate surface area is 327 Å². The summed E-state index contributed by atoms with van der Waals surface area (Å²) in [5.41, 5.74) is 16.1. The Bertz CT molecular complexity index is 2490. The van der Waals surface area contributed by atoms with Crippen molar-refractivity contribution in [1.82, 2.24) is 9.97 Å². The third kappa shape index (κ3) is 6.51. The molecule has 8 aromatic rings. The van der Waals surface area contributed by atoms with Crippen LogP contribution in [-0.2, 0) is 38.4 Å². The van der Waals surface area contributed by atoms with E-state index in [0.717, 1.165) is 36.4 Å². The zero-order chi connectivity index (χ0) is 35.8. The van der Waals surface area contributed by atoms with Crippen LogP contribution in [-0.4, -0.2) is 9.97 Å². The second-order valence-electron chi connectivity index (χ2n) is 13.6. The summed E-state index contributed by atoms with van der Waals surface area (Å²) in [6, 6.07) is 60.3. The van der Waals surface area contributed by atoms with Gasteiger partial charge >= 0.3 is 0 Å². The fourth-order valence-corrected chi connectivity index (χ4v) is 7.93. The number of fused-ring (bicyclic) bond motifs is 6. The van der Waals surface area contributed by atoms with Crippen LogP contribution in [0.15, 0.2) is 170 Å². The van der Waals surface area contributed by atoms with Crippen LogP contribution in [0.4, 0.5) is 8.78 Å². The van der Waals surface area contributed by atoms with Gasteiger partial charge < -0.3 is 4.98 Å². The maximum atomic E-state index is 13.2. The number of hydrogen-bond acceptors (Lipinski definition) is 2. The van der Waals surface area contributed by atoms with Gasteiger partial charge in [0.1, 0.15) is 11.6 Å². The molecule has 5 heteroatoms. The summed E-state index contributed by atoms with van der Waals surface area (Å²) in [5.74, 6) is -1.35. The van der Waals surface area contributed by atoms with E-state index < -0.39 is 11.6 Å². The Balaban J connectivity index is 0.000000233. The maximum Gasteiger partial charge on any atom is 0.142 e. The van der Waals surface area contributed by atoms with Gasteiger partial charge in [0.25, 0.3) is 0 Å². The van der Waals surface area contributed by atoms with Gasteiger partial charge in [0, 0.05) is 43.5 Å². The quantitative estimate of drug-likeness (QED) is 0.165. The van der Waals surface area contributed by atoms with Crippen molar-refractivity contribution in [1.29, 1.82) is 0 Å². The number of halogens is 2. The van der Waals surface area contributed by atoms with E-state index in [1.165, 1.54) is 55.6 Å². The van der Waals surface area contributed by atoms with E-state index in [-0.39, 0.29) is 31.2 Å². The van der Waals surface area contributed by atoms with E-state index in [2.05, 4.69) is 137 Å². The summed E-state index contributed by atoms with van der Waals surface area (Å²) in [6.07, 6.45) is 4.81. The number of aromatic nitrogens is 2. The monoisotopic (exact) mass is 879 g/mol. The Morgan fingerprint density at radius 1 is 0.537 bits per heavy atom. The molecule has 2 aliphatic carbocycles. The second kappa shape index (κ2) is 14.9. The van der Waals surface area contributed by atoms with Crippen LogP contribution in [0.25, 0.3) is 55.9 Å². The molecule has 0 bridgehead atoms. The molecule has 1 spiro atoms. The van der Waals surface area contributed by atoms with Crippen LogP contribution in [0.1, 0.15) is 22.3 Å².